The van der Waals surface area contributed by atoms with E-state index in [0.29, 0.717) is 6.42 Å². The molecule has 2 heterocycles. The monoisotopic (exact) mass is 221 g/mol. The Morgan fingerprint density at radius 1 is 1.56 bits per heavy atom. The van der Waals surface area contributed by atoms with Gasteiger partial charge in [-0.25, -0.2) is 0 Å². The highest BCUT2D eigenvalue weighted by Gasteiger charge is 2.47. The number of likely N-dealkylation sites (tertiary alicyclic amines) is 1. The van der Waals surface area contributed by atoms with Crippen LogP contribution in [0.3, 0.4) is 0 Å². The maximum atomic E-state index is 12.0. The molecular formula is C12H19N3O. The molecule has 88 valence electrons. The van der Waals surface area contributed by atoms with Gasteiger partial charge in [-0.1, -0.05) is 0 Å². The maximum absolute atomic E-state index is 12.0. The van der Waals surface area contributed by atoms with Gasteiger partial charge in [0.25, 0.3) is 0 Å². The minimum Gasteiger partial charge on any atom is -0.353 e. The van der Waals surface area contributed by atoms with E-state index in [1.165, 1.54) is 0 Å². The van der Waals surface area contributed by atoms with Crippen molar-refractivity contribution < 1.29 is 4.79 Å². The van der Waals surface area contributed by atoms with E-state index in [4.69, 9.17) is 5.26 Å². The SMILES string of the molecule is CN1CCC2(CC1)CC(CCC#N)NC2=O. The Morgan fingerprint density at radius 2 is 2.25 bits per heavy atom. The number of hydrogen-bond acceptors (Lipinski definition) is 3. The van der Waals surface area contributed by atoms with Gasteiger partial charge < -0.3 is 10.2 Å². The summed E-state index contributed by atoms with van der Waals surface area (Å²) in [6, 6.07) is 2.38. The summed E-state index contributed by atoms with van der Waals surface area (Å²) in [6.07, 6.45) is 4.22. The molecule has 4 nitrogen and oxygen atoms in total. The molecule has 0 aromatic heterocycles. The van der Waals surface area contributed by atoms with Crippen LogP contribution in [0.15, 0.2) is 0 Å². The van der Waals surface area contributed by atoms with Crippen LogP contribution in [0.5, 0.6) is 0 Å². The first-order chi connectivity index (χ1) is 7.66. The topological polar surface area (TPSA) is 56.1 Å². The van der Waals surface area contributed by atoms with E-state index in [1.54, 1.807) is 0 Å². The minimum absolute atomic E-state index is 0.118. The fourth-order valence-electron chi connectivity index (χ4n) is 2.84. The van der Waals surface area contributed by atoms with Gasteiger partial charge in [-0.2, -0.15) is 5.26 Å². The van der Waals surface area contributed by atoms with Crippen molar-refractivity contribution in [1.29, 1.82) is 5.26 Å². The van der Waals surface area contributed by atoms with E-state index >= 15 is 0 Å². The number of amides is 1. The summed E-state index contributed by atoms with van der Waals surface area (Å²) in [4.78, 5) is 14.3. The predicted molar refractivity (Wildman–Crippen MR) is 60.6 cm³/mol. The smallest absolute Gasteiger partial charge is 0.226 e. The third kappa shape index (κ3) is 2.05. The standard InChI is InChI=1S/C12H19N3O/c1-15-7-4-12(5-8-15)9-10(3-2-6-13)14-11(12)16/h10H,2-5,7-9H2,1H3,(H,14,16). The van der Waals surface area contributed by atoms with Gasteiger partial charge >= 0.3 is 0 Å². The van der Waals surface area contributed by atoms with Crippen molar-refractivity contribution >= 4 is 5.91 Å². The molecule has 1 unspecified atom stereocenters. The number of hydrogen-bond donors (Lipinski definition) is 1. The molecule has 2 aliphatic heterocycles. The Labute approximate surface area is 96.6 Å². The molecule has 4 heteroatoms. The lowest BCUT2D eigenvalue weighted by Gasteiger charge is -2.35. The lowest BCUT2D eigenvalue weighted by molar-refractivity contribution is -0.129. The highest BCUT2D eigenvalue weighted by Crippen LogP contribution is 2.40. The fourth-order valence-corrected chi connectivity index (χ4v) is 2.84. The normalized spacial score (nSPS) is 29.0. The zero-order valence-electron chi connectivity index (χ0n) is 9.83. The average molecular weight is 221 g/mol. The van der Waals surface area contributed by atoms with Crippen molar-refractivity contribution in [2.75, 3.05) is 20.1 Å². The van der Waals surface area contributed by atoms with E-state index in [-0.39, 0.29) is 17.4 Å². The summed E-state index contributed by atoms with van der Waals surface area (Å²) in [6.45, 7) is 2.02. The molecular weight excluding hydrogens is 202 g/mol. The van der Waals surface area contributed by atoms with Gasteiger partial charge in [0, 0.05) is 12.5 Å². The van der Waals surface area contributed by atoms with Gasteiger partial charge in [-0.05, 0) is 45.8 Å². The van der Waals surface area contributed by atoms with Crippen molar-refractivity contribution in [2.45, 2.75) is 38.1 Å². The highest BCUT2D eigenvalue weighted by molar-refractivity contribution is 5.85. The van der Waals surface area contributed by atoms with E-state index < -0.39 is 0 Å². The molecule has 2 saturated heterocycles. The Kier molecular flexibility index (Phi) is 3.15. The number of nitrogens with one attached hydrogen (secondary N) is 1. The van der Waals surface area contributed by atoms with Crippen molar-refractivity contribution in [3.8, 4) is 6.07 Å². The van der Waals surface area contributed by atoms with Gasteiger partial charge in [0.2, 0.25) is 5.91 Å². The lowest BCUT2D eigenvalue weighted by Crippen LogP contribution is -2.42. The number of carbonyl (C=O) groups excluding carboxylic acids is 1. The fraction of sp³-hybridized carbons (Fsp3) is 0.833. The van der Waals surface area contributed by atoms with Gasteiger partial charge in [-0.15, -0.1) is 0 Å². The quantitative estimate of drug-likeness (QED) is 0.753. The second-order valence-electron chi connectivity index (χ2n) is 5.15. The summed E-state index contributed by atoms with van der Waals surface area (Å²) in [7, 11) is 2.10. The molecule has 1 atom stereocenters. The lowest BCUT2D eigenvalue weighted by atomic mass is 9.76. The minimum atomic E-state index is -0.118. The van der Waals surface area contributed by atoms with Crippen LogP contribution in [0.1, 0.15) is 32.1 Å². The van der Waals surface area contributed by atoms with Gasteiger partial charge in [-0.3, -0.25) is 4.79 Å². The summed E-state index contributed by atoms with van der Waals surface area (Å²) in [5, 5.41) is 11.6. The zero-order valence-corrected chi connectivity index (χ0v) is 9.83. The Bertz CT molecular complexity index is 313. The van der Waals surface area contributed by atoms with Crippen LogP contribution in [0.2, 0.25) is 0 Å². The number of rotatable bonds is 2. The predicted octanol–water partition coefficient (Wildman–Crippen LogP) is 0.891. The van der Waals surface area contributed by atoms with Crippen LogP contribution in [-0.2, 0) is 4.79 Å². The van der Waals surface area contributed by atoms with Gasteiger partial charge in [0.1, 0.15) is 0 Å². The molecule has 1 amide bonds. The van der Waals surface area contributed by atoms with Crippen LogP contribution in [-0.4, -0.2) is 37.0 Å². The zero-order chi connectivity index (χ0) is 11.6. The van der Waals surface area contributed by atoms with Crippen molar-refractivity contribution in [3.63, 3.8) is 0 Å². The first-order valence-electron chi connectivity index (χ1n) is 6.03. The first-order valence-corrected chi connectivity index (χ1v) is 6.03. The third-order valence-electron chi connectivity index (χ3n) is 4.00. The van der Waals surface area contributed by atoms with Crippen LogP contribution in [0.4, 0.5) is 0 Å². The van der Waals surface area contributed by atoms with Crippen LogP contribution < -0.4 is 5.32 Å². The Hall–Kier alpha value is -1.08. The molecule has 2 rings (SSSR count). The molecule has 0 saturated carbocycles. The van der Waals surface area contributed by atoms with Crippen molar-refractivity contribution in [1.82, 2.24) is 10.2 Å². The Balaban J connectivity index is 1.96. The number of carbonyl (C=O) groups is 1. The van der Waals surface area contributed by atoms with Crippen LogP contribution in [0.25, 0.3) is 0 Å². The van der Waals surface area contributed by atoms with E-state index in [9.17, 15) is 4.79 Å². The molecule has 1 spiro atoms. The number of piperidine rings is 1. The molecule has 1 N–H and O–H groups in total. The van der Waals surface area contributed by atoms with Gasteiger partial charge in [0.15, 0.2) is 0 Å². The molecule has 2 fully saturated rings. The summed E-state index contributed by atoms with van der Waals surface area (Å²) in [5.74, 6) is 0.225. The number of nitrogens with zero attached hydrogens (tertiary/aromatic N) is 2. The molecule has 0 aliphatic carbocycles. The van der Waals surface area contributed by atoms with Gasteiger partial charge in [0.05, 0.1) is 11.5 Å². The molecule has 0 bridgehead atoms. The second kappa shape index (κ2) is 4.42. The molecule has 0 aromatic rings. The molecule has 2 aliphatic rings. The number of nitriles is 1. The average Bonchev–Trinajstić information content (AvgIpc) is 2.58. The highest BCUT2D eigenvalue weighted by atomic mass is 16.2. The molecule has 0 aromatic carbocycles. The van der Waals surface area contributed by atoms with Crippen LogP contribution >= 0.6 is 0 Å². The largest absolute Gasteiger partial charge is 0.353 e. The summed E-state index contributed by atoms with van der Waals surface area (Å²) in [5.41, 5.74) is -0.118. The maximum Gasteiger partial charge on any atom is 0.226 e. The van der Waals surface area contributed by atoms with E-state index in [2.05, 4.69) is 23.3 Å². The second-order valence-corrected chi connectivity index (χ2v) is 5.15. The van der Waals surface area contributed by atoms with E-state index in [1.807, 2.05) is 0 Å². The van der Waals surface area contributed by atoms with Crippen molar-refractivity contribution in [2.24, 2.45) is 5.41 Å². The summed E-state index contributed by atoms with van der Waals surface area (Å²) >= 11 is 0. The Morgan fingerprint density at radius 3 is 2.88 bits per heavy atom. The van der Waals surface area contributed by atoms with E-state index in [0.717, 1.165) is 38.8 Å². The van der Waals surface area contributed by atoms with Crippen LogP contribution in [0, 0.1) is 16.7 Å². The molecule has 0 radical (unpaired) electrons. The third-order valence-corrected chi connectivity index (χ3v) is 4.00. The molecule has 16 heavy (non-hydrogen) atoms. The van der Waals surface area contributed by atoms with Crippen molar-refractivity contribution in [3.05, 3.63) is 0 Å². The first kappa shape index (κ1) is 11.4. The summed E-state index contributed by atoms with van der Waals surface area (Å²) < 4.78 is 0.